The van der Waals surface area contributed by atoms with E-state index in [1.54, 1.807) is 11.3 Å². The van der Waals surface area contributed by atoms with Gasteiger partial charge in [0.15, 0.2) is 0 Å². The van der Waals surface area contributed by atoms with E-state index in [1.807, 2.05) is 84.9 Å². The molecule has 0 bridgehead atoms. The number of benzene rings is 3. The van der Waals surface area contributed by atoms with Crippen LogP contribution in [0.25, 0.3) is 10.1 Å². The summed E-state index contributed by atoms with van der Waals surface area (Å²) >= 11 is 3.94. The summed E-state index contributed by atoms with van der Waals surface area (Å²) in [6.07, 6.45) is 0. The fourth-order valence-electron chi connectivity index (χ4n) is 2.61. The molecule has 0 aliphatic rings. The second kappa shape index (κ2) is 8.13. The first kappa shape index (κ1) is 18.0. The third-order valence-corrected chi connectivity index (χ3v) is 7.50. The van der Waals surface area contributed by atoms with E-state index in [4.69, 9.17) is 0 Å². The third-order valence-electron chi connectivity index (χ3n) is 3.92. The van der Waals surface area contributed by atoms with Gasteiger partial charge in [0.1, 0.15) is 0 Å². The first-order valence-electron chi connectivity index (χ1n) is 8.28. The summed E-state index contributed by atoms with van der Waals surface area (Å²) in [5.74, 6) is 0. The Morgan fingerprint density at radius 3 is 1.78 bits per heavy atom. The minimum absolute atomic E-state index is 0.0174. The molecule has 5 heteroatoms. The van der Waals surface area contributed by atoms with Gasteiger partial charge in [-0.05, 0) is 29.6 Å². The smallest absolute Gasteiger partial charge is 0.224 e. The van der Waals surface area contributed by atoms with Crippen molar-refractivity contribution in [3.63, 3.8) is 0 Å². The summed E-state index contributed by atoms with van der Waals surface area (Å²) in [5, 5.41) is 0.976. The van der Waals surface area contributed by atoms with Gasteiger partial charge in [-0.3, -0.25) is 9.59 Å². The molecule has 0 atom stereocenters. The molecule has 0 spiro atoms. The molecule has 0 amide bonds. The maximum Gasteiger partial charge on any atom is 0.224 e. The van der Waals surface area contributed by atoms with Crippen LogP contribution in [0, 0.1) is 0 Å². The van der Waals surface area contributed by atoms with Gasteiger partial charge in [0, 0.05) is 26.1 Å². The molecule has 1 heterocycles. The van der Waals surface area contributed by atoms with Crippen LogP contribution in [0.2, 0.25) is 0 Å². The fraction of sp³-hybridized carbons (Fsp3) is 0. The predicted molar refractivity (Wildman–Crippen MR) is 115 cm³/mol. The van der Waals surface area contributed by atoms with E-state index < -0.39 is 0 Å². The quantitative estimate of drug-likeness (QED) is 0.350. The molecule has 2 nitrogen and oxygen atoms in total. The summed E-state index contributed by atoms with van der Waals surface area (Å²) in [5.41, 5.74) is 1.31. The maximum atomic E-state index is 12.7. The number of carbonyl (C=O) groups excluding carboxylic acids is 2. The minimum atomic E-state index is -0.0202. The van der Waals surface area contributed by atoms with Gasteiger partial charge in [-0.25, -0.2) is 0 Å². The number of thioether (sulfide) groups is 2. The van der Waals surface area contributed by atoms with Crippen molar-refractivity contribution in [1.82, 2.24) is 0 Å². The van der Waals surface area contributed by atoms with Gasteiger partial charge >= 0.3 is 0 Å². The van der Waals surface area contributed by atoms with Crippen molar-refractivity contribution in [2.24, 2.45) is 0 Å². The zero-order valence-electron chi connectivity index (χ0n) is 14.1. The molecule has 0 radical (unpaired) electrons. The lowest BCUT2D eigenvalue weighted by Gasteiger charge is -2.04. The Bertz CT molecular complexity index is 1100. The molecule has 1 aromatic heterocycles. The van der Waals surface area contributed by atoms with Crippen LogP contribution in [0.4, 0.5) is 0 Å². The number of fused-ring (bicyclic) bond motifs is 1. The van der Waals surface area contributed by atoms with E-state index in [0.29, 0.717) is 11.1 Å². The van der Waals surface area contributed by atoms with Gasteiger partial charge in [0.2, 0.25) is 10.2 Å². The number of hydrogen-bond acceptors (Lipinski definition) is 5. The standard InChI is InChI=1S/C22H14O2S3/c23-20(15-9-3-1-4-10-15)26-19-17-13-7-8-14-18(17)25-22(19)27-21(24)16-11-5-2-6-12-16/h1-14H. The van der Waals surface area contributed by atoms with Crippen LogP contribution in [-0.2, 0) is 0 Å². The third kappa shape index (κ3) is 4.00. The van der Waals surface area contributed by atoms with Crippen LogP contribution in [0.3, 0.4) is 0 Å². The van der Waals surface area contributed by atoms with Gasteiger partial charge in [0.05, 0.1) is 4.21 Å². The van der Waals surface area contributed by atoms with Crippen LogP contribution in [0.1, 0.15) is 20.7 Å². The Labute approximate surface area is 169 Å². The van der Waals surface area contributed by atoms with Crippen molar-refractivity contribution < 1.29 is 9.59 Å². The van der Waals surface area contributed by atoms with Gasteiger partial charge in [-0.2, -0.15) is 0 Å². The second-order valence-electron chi connectivity index (χ2n) is 5.73. The van der Waals surface area contributed by atoms with Crippen molar-refractivity contribution in [2.75, 3.05) is 0 Å². The monoisotopic (exact) mass is 406 g/mol. The molecule has 3 aromatic carbocycles. The van der Waals surface area contributed by atoms with Crippen molar-refractivity contribution in [3.05, 3.63) is 96.1 Å². The van der Waals surface area contributed by atoms with Crippen LogP contribution < -0.4 is 0 Å². The lowest BCUT2D eigenvalue weighted by molar-refractivity contribution is 0.108. The highest BCUT2D eigenvalue weighted by molar-refractivity contribution is 8.18. The van der Waals surface area contributed by atoms with E-state index in [0.717, 1.165) is 19.2 Å². The normalized spacial score (nSPS) is 10.8. The minimum Gasteiger partial charge on any atom is -0.281 e. The molecule has 0 aliphatic carbocycles. The Morgan fingerprint density at radius 2 is 1.15 bits per heavy atom. The van der Waals surface area contributed by atoms with Gasteiger partial charge < -0.3 is 0 Å². The molecular formula is C22H14O2S3. The fourth-order valence-corrected chi connectivity index (χ4v) is 6.10. The Hall–Kier alpha value is -2.34. The average Bonchev–Trinajstić information content (AvgIpc) is 3.06. The topological polar surface area (TPSA) is 34.1 Å². The Balaban J connectivity index is 1.69. The SMILES string of the molecule is O=C(Sc1sc2ccccc2c1SC(=O)c1ccccc1)c1ccccc1. The van der Waals surface area contributed by atoms with Crippen LogP contribution in [0.5, 0.6) is 0 Å². The van der Waals surface area contributed by atoms with E-state index in [9.17, 15) is 9.59 Å². The molecule has 0 saturated carbocycles. The Kier molecular flexibility index (Phi) is 5.43. The van der Waals surface area contributed by atoms with E-state index in [1.165, 1.54) is 23.5 Å². The number of rotatable bonds is 4. The van der Waals surface area contributed by atoms with Crippen LogP contribution >= 0.6 is 34.9 Å². The Morgan fingerprint density at radius 1 is 0.630 bits per heavy atom. The number of thiophene rings is 1. The van der Waals surface area contributed by atoms with Crippen LogP contribution in [-0.4, -0.2) is 10.2 Å². The number of carbonyl (C=O) groups is 2. The summed E-state index contributed by atoms with van der Waals surface area (Å²) in [7, 11) is 0. The number of hydrogen-bond donors (Lipinski definition) is 0. The average molecular weight is 407 g/mol. The predicted octanol–water partition coefficient (Wildman–Crippen LogP) is 6.77. The van der Waals surface area contributed by atoms with E-state index in [2.05, 4.69) is 0 Å². The van der Waals surface area contributed by atoms with Crippen LogP contribution in [0.15, 0.2) is 94.0 Å². The molecule has 27 heavy (non-hydrogen) atoms. The largest absolute Gasteiger partial charge is 0.281 e. The molecule has 0 saturated heterocycles. The lowest BCUT2D eigenvalue weighted by atomic mass is 10.2. The summed E-state index contributed by atoms with van der Waals surface area (Å²) in [4.78, 5) is 26.3. The van der Waals surface area contributed by atoms with Gasteiger partial charge in [-0.1, -0.05) is 78.9 Å². The highest BCUT2D eigenvalue weighted by atomic mass is 32.2. The van der Waals surface area contributed by atoms with Gasteiger partial charge in [0.25, 0.3) is 0 Å². The zero-order chi connectivity index (χ0) is 18.6. The summed E-state index contributed by atoms with van der Waals surface area (Å²) in [6, 6.07) is 26.4. The molecule has 0 fully saturated rings. The van der Waals surface area contributed by atoms with Crippen molar-refractivity contribution in [2.45, 2.75) is 9.10 Å². The van der Waals surface area contributed by atoms with Crippen molar-refractivity contribution in [3.8, 4) is 0 Å². The summed E-state index contributed by atoms with van der Waals surface area (Å²) in [6.45, 7) is 0. The van der Waals surface area contributed by atoms with E-state index in [-0.39, 0.29) is 10.2 Å². The second-order valence-corrected chi connectivity index (χ2v) is 9.00. The van der Waals surface area contributed by atoms with Crippen molar-refractivity contribution in [1.29, 1.82) is 0 Å². The molecule has 132 valence electrons. The molecular weight excluding hydrogens is 392 g/mol. The highest BCUT2D eigenvalue weighted by Crippen LogP contribution is 2.45. The van der Waals surface area contributed by atoms with Crippen molar-refractivity contribution >= 4 is 55.2 Å². The maximum absolute atomic E-state index is 12.7. The first-order chi connectivity index (χ1) is 13.2. The molecule has 0 unspecified atom stereocenters. The molecule has 0 N–H and O–H groups in total. The highest BCUT2D eigenvalue weighted by Gasteiger charge is 2.20. The van der Waals surface area contributed by atoms with Gasteiger partial charge in [-0.15, -0.1) is 11.3 Å². The molecule has 4 rings (SSSR count). The molecule has 0 aliphatic heterocycles. The van der Waals surface area contributed by atoms with E-state index >= 15 is 0 Å². The summed E-state index contributed by atoms with van der Waals surface area (Å²) < 4.78 is 1.93. The zero-order valence-corrected chi connectivity index (χ0v) is 16.6. The molecule has 4 aromatic rings. The first-order valence-corrected chi connectivity index (χ1v) is 10.7. The lowest BCUT2D eigenvalue weighted by Crippen LogP contribution is -1.94.